The molecule has 0 saturated heterocycles. The van der Waals surface area contributed by atoms with Crippen LogP contribution < -0.4 is 5.32 Å². The number of anilines is 1. The van der Waals surface area contributed by atoms with Crippen LogP contribution in [0.1, 0.15) is 19.4 Å². The Morgan fingerprint density at radius 2 is 2.00 bits per heavy atom. The Kier molecular flexibility index (Phi) is 5.73. The minimum atomic E-state index is -3.41. The quantitative estimate of drug-likeness (QED) is 0.874. The topological polar surface area (TPSA) is 66.5 Å². The molecule has 0 atom stereocenters. The number of halogens is 1. The molecule has 112 valence electrons. The Bertz CT molecular complexity index is 600. The summed E-state index contributed by atoms with van der Waals surface area (Å²) in [5, 5.41) is 2.70. The first-order valence-electron chi connectivity index (χ1n) is 6.14. The second-order valence-electron chi connectivity index (χ2n) is 4.93. The summed E-state index contributed by atoms with van der Waals surface area (Å²) in [6.07, 6.45) is 1.10. The molecule has 0 heterocycles. The molecule has 5 nitrogen and oxygen atoms in total. The normalized spacial score (nSPS) is 11.9. The lowest BCUT2D eigenvalue weighted by atomic mass is 10.2. The molecule has 1 aromatic carbocycles. The molecule has 1 amide bonds. The van der Waals surface area contributed by atoms with Crippen LogP contribution in [0.25, 0.3) is 0 Å². The zero-order chi connectivity index (χ0) is 15.5. The van der Waals surface area contributed by atoms with Gasteiger partial charge in [0.25, 0.3) is 0 Å². The van der Waals surface area contributed by atoms with E-state index in [1.807, 2.05) is 19.1 Å². The number of carbonyl (C=O) groups is 1. The number of aryl methyl sites for hydroxylation is 1. The third-order valence-electron chi connectivity index (χ3n) is 2.70. The van der Waals surface area contributed by atoms with Gasteiger partial charge in [-0.15, -0.1) is 0 Å². The van der Waals surface area contributed by atoms with Gasteiger partial charge in [0.15, 0.2) is 0 Å². The number of nitrogens with one attached hydrogen (secondary N) is 1. The van der Waals surface area contributed by atoms with Crippen molar-refractivity contribution in [1.29, 1.82) is 0 Å². The summed E-state index contributed by atoms with van der Waals surface area (Å²) in [5.74, 6) is -0.367. The molecule has 20 heavy (non-hydrogen) atoms. The van der Waals surface area contributed by atoms with Crippen LogP contribution in [0.2, 0.25) is 0 Å². The minimum absolute atomic E-state index is 0.198. The fraction of sp³-hybridized carbons (Fsp3) is 0.462. The predicted molar refractivity (Wildman–Crippen MR) is 84.2 cm³/mol. The van der Waals surface area contributed by atoms with E-state index in [2.05, 4.69) is 21.2 Å². The van der Waals surface area contributed by atoms with Gasteiger partial charge in [0.05, 0.1) is 18.5 Å². The number of hydrogen-bond acceptors (Lipinski definition) is 3. The van der Waals surface area contributed by atoms with E-state index in [4.69, 9.17) is 0 Å². The van der Waals surface area contributed by atoms with Crippen LogP contribution in [0.3, 0.4) is 0 Å². The largest absolute Gasteiger partial charge is 0.324 e. The molecule has 1 rings (SSSR count). The van der Waals surface area contributed by atoms with Gasteiger partial charge in [-0.2, -0.15) is 4.31 Å². The maximum atomic E-state index is 12.0. The van der Waals surface area contributed by atoms with Crippen LogP contribution in [0.15, 0.2) is 22.7 Å². The molecular weight excluding hydrogens is 344 g/mol. The molecule has 1 N–H and O–H groups in total. The molecule has 1 aromatic rings. The first-order chi connectivity index (χ1) is 9.11. The highest BCUT2D eigenvalue weighted by Crippen LogP contribution is 2.23. The van der Waals surface area contributed by atoms with Crippen molar-refractivity contribution in [1.82, 2.24) is 4.31 Å². The average molecular weight is 363 g/mol. The summed E-state index contributed by atoms with van der Waals surface area (Å²) in [4.78, 5) is 12.0. The summed E-state index contributed by atoms with van der Waals surface area (Å²) in [5.41, 5.74) is 1.69. The molecule has 0 aliphatic heterocycles. The Labute approximate surface area is 128 Å². The first-order valence-corrected chi connectivity index (χ1v) is 8.78. The maximum absolute atomic E-state index is 12.0. The number of carbonyl (C=O) groups excluding carboxylic acids is 1. The first kappa shape index (κ1) is 17.1. The Balaban J connectivity index is 2.81. The summed E-state index contributed by atoms with van der Waals surface area (Å²) < 4.78 is 25.1. The second-order valence-corrected chi connectivity index (χ2v) is 7.72. The van der Waals surface area contributed by atoms with E-state index in [1.54, 1.807) is 19.9 Å². The molecule has 0 spiro atoms. The Hall–Kier alpha value is -0.920. The SMILES string of the molecule is Cc1ccc(NC(=O)CN(C(C)C)S(C)(=O)=O)c(Br)c1. The zero-order valence-corrected chi connectivity index (χ0v) is 14.4. The van der Waals surface area contributed by atoms with Gasteiger partial charge < -0.3 is 5.32 Å². The van der Waals surface area contributed by atoms with Crippen LogP contribution in [0, 0.1) is 6.92 Å². The van der Waals surface area contributed by atoms with E-state index < -0.39 is 10.0 Å². The molecule has 0 saturated carbocycles. The molecule has 0 aliphatic carbocycles. The van der Waals surface area contributed by atoms with Crippen molar-refractivity contribution in [2.45, 2.75) is 26.8 Å². The van der Waals surface area contributed by atoms with Gasteiger partial charge in [-0.05, 0) is 54.4 Å². The van der Waals surface area contributed by atoms with E-state index in [1.165, 1.54) is 0 Å². The second kappa shape index (κ2) is 6.69. The van der Waals surface area contributed by atoms with Crippen molar-refractivity contribution in [3.05, 3.63) is 28.2 Å². The number of nitrogens with zero attached hydrogens (tertiary/aromatic N) is 1. The molecule has 0 fully saturated rings. The fourth-order valence-corrected chi connectivity index (χ4v) is 3.45. The van der Waals surface area contributed by atoms with Gasteiger partial charge in [0.2, 0.25) is 15.9 Å². The van der Waals surface area contributed by atoms with Gasteiger partial charge in [-0.3, -0.25) is 4.79 Å². The van der Waals surface area contributed by atoms with Gasteiger partial charge in [-0.25, -0.2) is 8.42 Å². The summed E-state index contributed by atoms with van der Waals surface area (Å²) in [6.45, 7) is 5.21. The highest BCUT2D eigenvalue weighted by Gasteiger charge is 2.23. The summed E-state index contributed by atoms with van der Waals surface area (Å²) >= 11 is 3.36. The standard InChI is InChI=1S/C13H19BrN2O3S/c1-9(2)16(20(4,18)19)8-13(17)15-12-6-5-10(3)7-11(12)14/h5-7,9H,8H2,1-4H3,(H,15,17). The van der Waals surface area contributed by atoms with Crippen molar-refractivity contribution in [3.63, 3.8) is 0 Å². The molecule has 0 aromatic heterocycles. The third kappa shape index (κ3) is 4.88. The molecular formula is C13H19BrN2O3S. The molecule has 0 bridgehead atoms. The van der Waals surface area contributed by atoms with Crippen molar-refractivity contribution in [2.75, 3.05) is 18.1 Å². The molecule has 0 radical (unpaired) electrons. The smallest absolute Gasteiger partial charge is 0.239 e. The van der Waals surface area contributed by atoms with Crippen molar-refractivity contribution in [3.8, 4) is 0 Å². The lowest BCUT2D eigenvalue weighted by Gasteiger charge is -2.23. The van der Waals surface area contributed by atoms with Crippen molar-refractivity contribution in [2.24, 2.45) is 0 Å². The third-order valence-corrected chi connectivity index (χ3v) is 4.76. The Morgan fingerprint density at radius 1 is 1.40 bits per heavy atom. The lowest BCUT2D eigenvalue weighted by molar-refractivity contribution is -0.116. The summed E-state index contributed by atoms with van der Waals surface area (Å²) in [7, 11) is -3.41. The number of amides is 1. The van der Waals surface area contributed by atoms with E-state index in [9.17, 15) is 13.2 Å². The number of benzene rings is 1. The van der Waals surface area contributed by atoms with Crippen molar-refractivity contribution < 1.29 is 13.2 Å². The minimum Gasteiger partial charge on any atom is -0.324 e. The highest BCUT2D eigenvalue weighted by molar-refractivity contribution is 9.10. The lowest BCUT2D eigenvalue weighted by Crippen LogP contribution is -2.41. The van der Waals surface area contributed by atoms with Gasteiger partial charge >= 0.3 is 0 Å². The van der Waals surface area contributed by atoms with Crippen molar-refractivity contribution >= 4 is 37.5 Å². The number of sulfonamides is 1. The van der Waals surface area contributed by atoms with E-state index >= 15 is 0 Å². The zero-order valence-electron chi connectivity index (χ0n) is 12.0. The number of hydrogen-bond donors (Lipinski definition) is 1. The van der Waals surface area contributed by atoms with Crippen LogP contribution in [0.5, 0.6) is 0 Å². The predicted octanol–water partition coefficient (Wildman–Crippen LogP) is 2.37. The highest BCUT2D eigenvalue weighted by atomic mass is 79.9. The Morgan fingerprint density at radius 3 is 2.45 bits per heavy atom. The van der Waals surface area contributed by atoms with Crippen LogP contribution in [0.4, 0.5) is 5.69 Å². The maximum Gasteiger partial charge on any atom is 0.239 e. The number of rotatable bonds is 5. The van der Waals surface area contributed by atoms with E-state index in [-0.39, 0.29) is 18.5 Å². The fourth-order valence-electron chi connectivity index (χ4n) is 1.74. The van der Waals surface area contributed by atoms with Gasteiger partial charge in [-0.1, -0.05) is 6.07 Å². The molecule has 7 heteroatoms. The van der Waals surface area contributed by atoms with Crippen LogP contribution in [-0.2, 0) is 14.8 Å². The van der Waals surface area contributed by atoms with Crippen LogP contribution >= 0.6 is 15.9 Å². The average Bonchev–Trinajstić information content (AvgIpc) is 2.28. The van der Waals surface area contributed by atoms with E-state index in [0.717, 1.165) is 20.6 Å². The van der Waals surface area contributed by atoms with E-state index in [0.29, 0.717) is 5.69 Å². The molecule has 0 unspecified atom stereocenters. The van der Waals surface area contributed by atoms with Gasteiger partial charge in [0, 0.05) is 10.5 Å². The summed E-state index contributed by atoms with van der Waals surface area (Å²) in [6, 6.07) is 5.26. The monoisotopic (exact) mass is 362 g/mol. The van der Waals surface area contributed by atoms with Gasteiger partial charge in [0.1, 0.15) is 0 Å². The van der Waals surface area contributed by atoms with Crippen LogP contribution in [-0.4, -0.2) is 37.5 Å². The molecule has 0 aliphatic rings.